The van der Waals surface area contributed by atoms with E-state index >= 15 is 0 Å². The number of hydrogen-bond donors (Lipinski definition) is 0. The van der Waals surface area contributed by atoms with E-state index in [0.717, 1.165) is 16.6 Å². The van der Waals surface area contributed by atoms with Crippen molar-refractivity contribution in [2.24, 2.45) is 0 Å². The van der Waals surface area contributed by atoms with Crippen LogP contribution in [-0.2, 0) is 37.4 Å². The average molecular weight is 488 g/mol. The molecule has 0 aliphatic carbocycles. The number of rotatable bonds is 8. The summed E-state index contributed by atoms with van der Waals surface area (Å²) in [6.07, 6.45) is 0. The van der Waals surface area contributed by atoms with Crippen molar-refractivity contribution in [2.75, 3.05) is 32.9 Å². The summed E-state index contributed by atoms with van der Waals surface area (Å²) in [6, 6.07) is 10.5. The zero-order valence-corrected chi connectivity index (χ0v) is 20.4. The largest absolute Gasteiger partial charge is 0.482 e. The van der Waals surface area contributed by atoms with E-state index < -0.39 is 16.0 Å². The molecule has 0 atom stereocenters. The molecule has 1 fully saturated rings. The molecular formula is C24H29N3O6S. The van der Waals surface area contributed by atoms with Gasteiger partial charge in [-0.15, -0.1) is 0 Å². The highest BCUT2D eigenvalue weighted by Crippen LogP contribution is 2.24. The van der Waals surface area contributed by atoms with Gasteiger partial charge >= 0.3 is 5.97 Å². The van der Waals surface area contributed by atoms with Gasteiger partial charge in [0.2, 0.25) is 10.0 Å². The Morgan fingerprint density at radius 1 is 1.09 bits per heavy atom. The molecule has 3 aromatic rings. The molecule has 34 heavy (non-hydrogen) atoms. The maximum atomic E-state index is 13.0. The second kappa shape index (κ2) is 10.1. The molecule has 2 aromatic carbocycles. The lowest BCUT2D eigenvalue weighted by Gasteiger charge is -2.26. The minimum Gasteiger partial charge on any atom is -0.482 e. The molecule has 0 radical (unpaired) electrons. The first kappa shape index (κ1) is 24.2. The first-order chi connectivity index (χ1) is 16.3. The first-order valence-electron chi connectivity index (χ1n) is 11.2. The van der Waals surface area contributed by atoms with Crippen LogP contribution in [0.25, 0.3) is 11.0 Å². The van der Waals surface area contributed by atoms with E-state index in [2.05, 4.69) is 4.98 Å². The van der Waals surface area contributed by atoms with Crippen LogP contribution in [0, 0.1) is 13.8 Å². The van der Waals surface area contributed by atoms with E-state index in [0.29, 0.717) is 49.9 Å². The van der Waals surface area contributed by atoms with Crippen molar-refractivity contribution in [3.63, 3.8) is 0 Å². The number of aromatic nitrogens is 2. The molecule has 1 saturated heterocycles. The fourth-order valence-corrected chi connectivity index (χ4v) is 5.28. The van der Waals surface area contributed by atoms with Crippen LogP contribution in [0.3, 0.4) is 0 Å². The van der Waals surface area contributed by atoms with Gasteiger partial charge in [0.05, 0.1) is 29.1 Å². The van der Waals surface area contributed by atoms with Crippen LogP contribution in [0.1, 0.15) is 23.9 Å². The summed E-state index contributed by atoms with van der Waals surface area (Å²) < 4.78 is 45.5. The number of aryl methyl sites for hydroxylation is 3. The van der Waals surface area contributed by atoms with Gasteiger partial charge < -0.3 is 18.8 Å². The Kier molecular flexibility index (Phi) is 7.20. The Labute approximate surface area is 199 Å². The van der Waals surface area contributed by atoms with Gasteiger partial charge in [0.15, 0.2) is 6.61 Å². The van der Waals surface area contributed by atoms with Gasteiger partial charge in [-0.25, -0.2) is 18.2 Å². The van der Waals surface area contributed by atoms with E-state index in [1.54, 1.807) is 18.2 Å². The fourth-order valence-electron chi connectivity index (χ4n) is 3.85. The number of imidazole rings is 1. The monoisotopic (exact) mass is 487 g/mol. The van der Waals surface area contributed by atoms with Gasteiger partial charge in [-0.05, 0) is 62.2 Å². The number of ether oxygens (including phenoxy) is 3. The van der Waals surface area contributed by atoms with E-state index in [-0.39, 0.29) is 18.1 Å². The second-order valence-electron chi connectivity index (χ2n) is 8.13. The first-order valence-corrected chi connectivity index (χ1v) is 12.7. The number of sulfonamides is 1. The molecular weight excluding hydrogens is 458 g/mol. The number of hydrogen-bond acceptors (Lipinski definition) is 7. The van der Waals surface area contributed by atoms with Crippen LogP contribution in [0.2, 0.25) is 0 Å². The summed E-state index contributed by atoms with van der Waals surface area (Å²) in [5.74, 6) is 0.635. The zero-order valence-electron chi connectivity index (χ0n) is 19.6. The molecule has 0 saturated carbocycles. The Morgan fingerprint density at radius 2 is 1.85 bits per heavy atom. The fraction of sp³-hybridized carbons (Fsp3) is 0.417. The molecule has 1 aliphatic heterocycles. The van der Waals surface area contributed by atoms with Gasteiger partial charge in [-0.3, -0.25) is 0 Å². The summed E-state index contributed by atoms with van der Waals surface area (Å²) in [4.78, 5) is 17.0. The van der Waals surface area contributed by atoms with Crippen molar-refractivity contribution in [3.05, 3.63) is 53.3 Å². The van der Waals surface area contributed by atoms with Crippen molar-refractivity contribution in [1.82, 2.24) is 13.9 Å². The van der Waals surface area contributed by atoms with Crippen LogP contribution in [0.5, 0.6) is 5.75 Å². The van der Waals surface area contributed by atoms with Gasteiger partial charge in [-0.1, -0.05) is 6.07 Å². The zero-order chi connectivity index (χ0) is 24.3. The minimum atomic E-state index is -3.63. The van der Waals surface area contributed by atoms with Crippen LogP contribution in [0.15, 0.2) is 41.3 Å². The number of nitrogens with zero attached hydrogens (tertiary/aromatic N) is 3. The van der Waals surface area contributed by atoms with E-state index in [9.17, 15) is 13.2 Å². The Morgan fingerprint density at radius 3 is 2.56 bits per heavy atom. The lowest BCUT2D eigenvalue weighted by Crippen LogP contribution is -2.40. The highest BCUT2D eigenvalue weighted by molar-refractivity contribution is 7.89. The molecule has 0 bridgehead atoms. The van der Waals surface area contributed by atoms with E-state index in [4.69, 9.17) is 14.2 Å². The third kappa shape index (κ3) is 5.08. The Bertz CT molecular complexity index is 1300. The number of fused-ring (bicyclic) bond motifs is 1. The standard InChI is InChI=1S/C24H29N3O6S/c1-4-27-22-8-7-20(34(29,30)26-9-11-31-12-10-26)14-21(22)25-23(27)15-33-24(28)16-32-19-6-5-17(2)18(3)13-19/h5-8,13-14H,4,9-12,15-16H2,1-3H3. The molecule has 1 aliphatic rings. The molecule has 1 aromatic heterocycles. The third-order valence-electron chi connectivity index (χ3n) is 5.92. The molecule has 0 amide bonds. The van der Waals surface area contributed by atoms with Crippen LogP contribution in [0.4, 0.5) is 0 Å². The predicted octanol–water partition coefficient (Wildman–Crippen LogP) is 2.82. The molecule has 0 N–H and O–H groups in total. The topological polar surface area (TPSA) is 100.0 Å². The van der Waals surface area contributed by atoms with Crippen molar-refractivity contribution in [2.45, 2.75) is 38.8 Å². The molecule has 10 heteroatoms. The van der Waals surface area contributed by atoms with Gasteiger partial charge in [0, 0.05) is 19.6 Å². The van der Waals surface area contributed by atoms with Crippen molar-refractivity contribution in [1.29, 1.82) is 0 Å². The van der Waals surface area contributed by atoms with Crippen molar-refractivity contribution in [3.8, 4) is 5.75 Å². The molecule has 0 spiro atoms. The summed E-state index contributed by atoms with van der Waals surface area (Å²) in [7, 11) is -3.63. The summed E-state index contributed by atoms with van der Waals surface area (Å²) in [5, 5.41) is 0. The maximum absolute atomic E-state index is 13.0. The van der Waals surface area contributed by atoms with Gasteiger partial charge in [0.1, 0.15) is 18.2 Å². The number of esters is 1. The molecule has 4 rings (SSSR count). The lowest BCUT2D eigenvalue weighted by molar-refractivity contribution is -0.147. The van der Waals surface area contributed by atoms with Gasteiger partial charge in [0.25, 0.3) is 0 Å². The highest BCUT2D eigenvalue weighted by Gasteiger charge is 2.27. The van der Waals surface area contributed by atoms with Crippen LogP contribution < -0.4 is 4.74 Å². The lowest BCUT2D eigenvalue weighted by atomic mass is 10.1. The number of morpholine rings is 1. The number of carbonyl (C=O) groups is 1. The quantitative estimate of drug-likeness (QED) is 0.451. The smallest absolute Gasteiger partial charge is 0.344 e. The highest BCUT2D eigenvalue weighted by atomic mass is 32.2. The molecule has 2 heterocycles. The van der Waals surface area contributed by atoms with Crippen LogP contribution in [-0.4, -0.2) is 61.2 Å². The normalized spacial score (nSPS) is 14.9. The molecule has 0 unspecified atom stereocenters. The molecule has 9 nitrogen and oxygen atoms in total. The number of benzene rings is 2. The van der Waals surface area contributed by atoms with Crippen LogP contribution >= 0.6 is 0 Å². The molecule has 182 valence electrons. The van der Waals surface area contributed by atoms with E-state index in [1.165, 1.54) is 4.31 Å². The summed E-state index contributed by atoms with van der Waals surface area (Å²) in [6.45, 7) is 7.71. The minimum absolute atomic E-state index is 0.0385. The van der Waals surface area contributed by atoms with Crippen molar-refractivity contribution < 1.29 is 27.4 Å². The van der Waals surface area contributed by atoms with Gasteiger partial charge in [-0.2, -0.15) is 4.31 Å². The van der Waals surface area contributed by atoms with E-state index in [1.807, 2.05) is 43.5 Å². The third-order valence-corrected chi connectivity index (χ3v) is 7.81. The predicted molar refractivity (Wildman–Crippen MR) is 126 cm³/mol. The second-order valence-corrected chi connectivity index (χ2v) is 10.1. The SMILES string of the molecule is CCn1c(COC(=O)COc2ccc(C)c(C)c2)nc2cc(S(=O)(=O)N3CCOCC3)ccc21. The summed E-state index contributed by atoms with van der Waals surface area (Å²) in [5.41, 5.74) is 3.54. The average Bonchev–Trinajstić information content (AvgIpc) is 3.20. The van der Waals surface area contributed by atoms with Crippen molar-refractivity contribution >= 4 is 27.0 Å². The number of carbonyl (C=O) groups excluding carboxylic acids is 1. The Hall–Kier alpha value is -2.95. The maximum Gasteiger partial charge on any atom is 0.344 e. The summed E-state index contributed by atoms with van der Waals surface area (Å²) >= 11 is 0. The Balaban J connectivity index is 1.45.